The maximum atomic E-state index is 13.0. The molecule has 0 spiro atoms. The smallest absolute Gasteiger partial charge is 0.328 e. The summed E-state index contributed by atoms with van der Waals surface area (Å²) in [5.41, 5.74) is 3.16. The summed E-state index contributed by atoms with van der Waals surface area (Å²) in [6.07, 6.45) is 4.93. The van der Waals surface area contributed by atoms with E-state index < -0.39 is 11.9 Å². The number of carboxylic acid groups (broad SMARTS) is 1. The number of ether oxygens (including phenoxy) is 1. The van der Waals surface area contributed by atoms with Gasteiger partial charge in [0.1, 0.15) is 17.1 Å². The van der Waals surface area contributed by atoms with Gasteiger partial charge in [-0.2, -0.15) is 0 Å². The minimum absolute atomic E-state index is 0.0889. The zero-order valence-electron chi connectivity index (χ0n) is 16.7. The van der Waals surface area contributed by atoms with Crippen molar-refractivity contribution in [1.82, 2.24) is 0 Å². The van der Waals surface area contributed by atoms with E-state index in [1.165, 1.54) is 0 Å². The van der Waals surface area contributed by atoms with Gasteiger partial charge in [0.25, 0.3) is 0 Å². The monoisotopic (exact) mass is 417 g/mol. The molecule has 2 N–H and O–H groups in total. The lowest BCUT2D eigenvalue weighted by Crippen LogP contribution is -2.11. The second kappa shape index (κ2) is 8.31. The SMILES string of the molecule is COc1cccc(/C=C2\CCc3c2oc2cc(NC(=O)/C=C/C(=O)O)ccc2c3=O)c1. The van der Waals surface area contributed by atoms with Crippen LogP contribution in [-0.2, 0) is 16.0 Å². The summed E-state index contributed by atoms with van der Waals surface area (Å²) in [7, 11) is 1.61. The van der Waals surface area contributed by atoms with Gasteiger partial charge in [-0.25, -0.2) is 4.79 Å². The number of nitrogens with one attached hydrogen (secondary N) is 1. The molecule has 7 heteroatoms. The second-order valence-electron chi connectivity index (χ2n) is 7.06. The summed E-state index contributed by atoms with van der Waals surface area (Å²) in [5, 5.41) is 11.6. The molecule has 0 bridgehead atoms. The summed E-state index contributed by atoms with van der Waals surface area (Å²) in [5.74, 6) is -0.520. The predicted molar refractivity (Wildman–Crippen MR) is 117 cm³/mol. The third-order valence-electron chi connectivity index (χ3n) is 5.00. The van der Waals surface area contributed by atoms with Crippen molar-refractivity contribution >= 4 is 40.2 Å². The molecule has 0 atom stereocenters. The molecule has 1 heterocycles. The highest BCUT2D eigenvalue weighted by atomic mass is 16.5. The largest absolute Gasteiger partial charge is 0.497 e. The highest BCUT2D eigenvalue weighted by Gasteiger charge is 2.24. The number of carbonyl (C=O) groups excluding carboxylic acids is 1. The quantitative estimate of drug-likeness (QED) is 0.611. The van der Waals surface area contributed by atoms with Gasteiger partial charge in [-0.05, 0) is 54.3 Å². The van der Waals surface area contributed by atoms with Crippen LogP contribution in [0, 0.1) is 0 Å². The molecular formula is C24H19NO6. The van der Waals surface area contributed by atoms with Crippen LogP contribution in [0.1, 0.15) is 23.3 Å². The summed E-state index contributed by atoms with van der Waals surface area (Å²) in [6, 6.07) is 12.4. The van der Waals surface area contributed by atoms with Crippen LogP contribution in [0.3, 0.4) is 0 Å². The Bertz CT molecular complexity index is 1320. The fraction of sp³-hybridized carbons (Fsp3) is 0.125. The van der Waals surface area contributed by atoms with Crippen molar-refractivity contribution in [2.75, 3.05) is 12.4 Å². The molecule has 0 saturated carbocycles. The van der Waals surface area contributed by atoms with Gasteiger partial charge in [-0.3, -0.25) is 9.59 Å². The van der Waals surface area contributed by atoms with Crippen LogP contribution in [-0.4, -0.2) is 24.1 Å². The summed E-state index contributed by atoms with van der Waals surface area (Å²) in [4.78, 5) is 35.3. The standard InChI is InChI=1S/C24H19NO6/c1-30-17-4-2-3-14(12-17)11-15-5-7-19-23(29)18-8-6-16(13-20(18)31-24(15)19)25-21(26)9-10-22(27)28/h2-4,6,8-13H,5,7H2,1H3,(H,25,26)(H,27,28)/b10-9+,15-11+. The number of methoxy groups -OCH3 is 1. The zero-order chi connectivity index (χ0) is 22.0. The number of amides is 1. The number of fused-ring (bicyclic) bond motifs is 2. The number of carbonyl (C=O) groups is 2. The fourth-order valence-corrected chi connectivity index (χ4v) is 3.57. The van der Waals surface area contributed by atoms with E-state index in [2.05, 4.69) is 5.32 Å². The first-order chi connectivity index (χ1) is 14.9. The normalized spacial score (nSPS) is 14.2. The number of hydrogen-bond donors (Lipinski definition) is 2. The molecular weight excluding hydrogens is 398 g/mol. The Balaban J connectivity index is 1.71. The third kappa shape index (κ3) is 4.25. The van der Waals surface area contributed by atoms with Crippen LogP contribution in [0.25, 0.3) is 22.6 Å². The van der Waals surface area contributed by atoms with Crippen molar-refractivity contribution in [3.63, 3.8) is 0 Å². The molecule has 0 fully saturated rings. The van der Waals surface area contributed by atoms with E-state index in [1.807, 2.05) is 30.3 Å². The van der Waals surface area contributed by atoms with Gasteiger partial charge in [-0.15, -0.1) is 0 Å². The Morgan fingerprint density at radius 2 is 1.97 bits per heavy atom. The van der Waals surface area contributed by atoms with Crippen molar-refractivity contribution in [3.05, 3.63) is 81.7 Å². The van der Waals surface area contributed by atoms with E-state index >= 15 is 0 Å². The lowest BCUT2D eigenvalue weighted by molar-refractivity contribution is -0.131. The van der Waals surface area contributed by atoms with Crippen LogP contribution in [0.4, 0.5) is 5.69 Å². The minimum Gasteiger partial charge on any atom is -0.497 e. The minimum atomic E-state index is -1.22. The maximum Gasteiger partial charge on any atom is 0.328 e. The van der Waals surface area contributed by atoms with E-state index in [9.17, 15) is 14.4 Å². The Kier molecular flexibility index (Phi) is 5.41. The molecule has 0 unspecified atom stereocenters. The molecule has 1 aliphatic rings. The molecule has 0 aliphatic heterocycles. The molecule has 0 radical (unpaired) electrons. The molecule has 1 aromatic heterocycles. The highest BCUT2D eigenvalue weighted by Crippen LogP contribution is 2.35. The van der Waals surface area contributed by atoms with Gasteiger partial charge in [0, 0.05) is 29.5 Å². The van der Waals surface area contributed by atoms with Gasteiger partial charge >= 0.3 is 5.97 Å². The molecule has 0 saturated heterocycles. The average Bonchev–Trinajstić information content (AvgIpc) is 3.15. The van der Waals surface area contributed by atoms with E-state index in [-0.39, 0.29) is 5.43 Å². The van der Waals surface area contributed by atoms with Gasteiger partial charge < -0.3 is 19.6 Å². The Morgan fingerprint density at radius 3 is 2.74 bits per heavy atom. The van der Waals surface area contributed by atoms with Crippen molar-refractivity contribution in [3.8, 4) is 5.75 Å². The van der Waals surface area contributed by atoms with Crippen molar-refractivity contribution in [1.29, 1.82) is 0 Å². The number of hydrogen-bond acceptors (Lipinski definition) is 5. The molecule has 4 rings (SSSR count). The Labute approximate surface area is 177 Å². The first kappa shape index (κ1) is 20.2. The van der Waals surface area contributed by atoms with Crippen LogP contribution in [0.2, 0.25) is 0 Å². The number of allylic oxidation sites excluding steroid dienone is 1. The number of aliphatic carboxylic acids is 1. The van der Waals surface area contributed by atoms with Crippen molar-refractivity contribution in [2.24, 2.45) is 0 Å². The molecule has 1 aliphatic carbocycles. The zero-order valence-corrected chi connectivity index (χ0v) is 16.7. The molecule has 7 nitrogen and oxygen atoms in total. The molecule has 156 valence electrons. The molecule has 31 heavy (non-hydrogen) atoms. The number of benzene rings is 2. The number of rotatable bonds is 5. The number of carboxylic acids is 1. The molecule has 1 amide bonds. The van der Waals surface area contributed by atoms with Crippen LogP contribution < -0.4 is 15.5 Å². The average molecular weight is 417 g/mol. The van der Waals surface area contributed by atoms with Gasteiger partial charge in [-0.1, -0.05) is 12.1 Å². The van der Waals surface area contributed by atoms with Gasteiger partial charge in [0.15, 0.2) is 5.43 Å². The van der Waals surface area contributed by atoms with Crippen LogP contribution >= 0.6 is 0 Å². The topological polar surface area (TPSA) is 106 Å². The van der Waals surface area contributed by atoms with E-state index in [0.29, 0.717) is 40.8 Å². The fourth-order valence-electron chi connectivity index (χ4n) is 3.57. The summed E-state index contributed by atoms with van der Waals surface area (Å²) < 4.78 is 11.4. The van der Waals surface area contributed by atoms with Crippen LogP contribution in [0.15, 0.2) is 63.8 Å². The predicted octanol–water partition coefficient (Wildman–Crippen LogP) is 3.87. The second-order valence-corrected chi connectivity index (χ2v) is 7.06. The van der Waals surface area contributed by atoms with E-state index in [4.69, 9.17) is 14.3 Å². The first-order valence-corrected chi connectivity index (χ1v) is 9.61. The molecule has 3 aromatic rings. The van der Waals surface area contributed by atoms with Gasteiger partial charge in [0.2, 0.25) is 5.91 Å². The van der Waals surface area contributed by atoms with Gasteiger partial charge in [0.05, 0.1) is 12.5 Å². The van der Waals surface area contributed by atoms with E-state index in [1.54, 1.807) is 25.3 Å². The van der Waals surface area contributed by atoms with Crippen molar-refractivity contribution < 1.29 is 23.8 Å². The first-order valence-electron chi connectivity index (χ1n) is 9.61. The third-order valence-corrected chi connectivity index (χ3v) is 5.00. The number of anilines is 1. The Morgan fingerprint density at radius 1 is 1.13 bits per heavy atom. The lowest BCUT2D eigenvalue weighted by Gasteiger charge is -2.07. The summed E-state index contributed by atoms with van der Waals surface area (Å²) in [6.45, 7) is 0. The maximum absolute atomic E-state index is 13.0. The molecule has 2 aromatic carbocycles. The lowest BCUT2D eigenvalue weighted by atomic mass is 10.1. The van der Waals surface area contributed by atoms with Crippen molar-refractivity contribution in [2.45, 2.75) is 12.8 Å². The van der Waals surface area contributed by atoms with Crippen LogP contribution in [0.5, 0.6) is 5.75 Å². The Hall–Kier alpha value is -4.13. The summed E-state index contributed by atoms with van der Waals surface area (Å²) >= 11 is 0. The highest BCUT2D eigenvalue weighted by molar-refractivity contribution is 6.03. The van der Waals surface area contributed by atoms with E-state index in [0.717, 1.165) is 29.0 Å².